The molecule has 5 nitrogen and oxygen atoms in total. The second kappa shape index (κ2) is 7.80. The Morgan fingerprint density at radius 1 is 1.14 bits per heavy atom. The van der Waals surface area contributed by atoms with E-state index in [9.17, 15) is 13.6 Å². The number of hydrogen-bond acceptors (Lipinski definition) is 3. The summed E-state index contributed by atoms with van der Waals surface area (Å²) in [4.78, 5) is 17.2. The van der Waals surface area contributed by atoms with Crippen molar-refractivity contribution in [1.29, 1.82) is 0 Å². The van der Waals surface area contributed by atoms with Crippen LogP contribution in [0.1, 0.15) is 31.3 Å². The number of amides is 1. The Morgan fingerprint density at radius 2 is 1.82 bits per heavy atom. The zero-order chi connectivity index (χ0) is 20.3. The van der Waals surface area contributed by atoms with Crippen molar-refractivity contribution in [2.24, 2.45) is 7.05 Å². The molecule has 0 fully saturated rings. The van der Waals surface area contributed by atoms with E-state index < -0.39 is 29.2 Å². The smallest absolute Gasteiger partial charge is 0.264 e. The van der Waals surface area contributed by atoms with Crippen molar-refractivity contribution >= 4 is 5.91 Å². The van der Waals surface area contributed by atoms with E-state index in [1.54, 1.807) is 56.1 Å². The van der Waals surface area contributed by atoms with Gasteiger partial charge < -0.3 is 14.6 Å². The largest absolute Gasteiger partial charge is 0.478 e. The first-order valence-corrected chi connectivity index (χ1v) is 8.75. The number of carbonyl (C=O) groups excluding carboxylic acids is 1. The summed E-state index contributed by atoms with van der Waals surface area (Å²) < 4.78 is 35.0. The predicted molar refractivity (Wildman–Crippen MR) is 101 cm³/mol. The van der Waals surface area contributed by atoms with Crippen LogP contribution in [-0.4, -0.2) is 21.1 Å². The number of imidazole rings is 1. The zero-order valence-corrected chi connectivity index (χ0v) is 15.8. The van der Waals surface area contributed by atoms with Gasteiger partial charge in [-0.15, -0.1) is 0 Å². The van der Waals surface area contributed by atoms with Crippen molar-refractivity contribution < 1.29 is 18.3 Å². The maximum atomic E-state index is 14.4. The van der Waals surface area contributed by atoms with Crippen LogP contribution in [0.2, 0.25) is 0 Å². The Hall–Kier alpha value is -3.22. The number of hydrogen-bond donors (Lipinski definition) is 1. The summed E-state index contributed by atoms with van der Waals surface area (Å²) in [5.41, 5.74) is -0.991. The third-order valence-corrected chi connectivity index (χ3v) is 4.34. The molecule has 0 aliphatic heterocycles. The summed E-state index contributed by atoms with van der Waals surface area (Å²) in [5.74, 6) is -0.484. The minimum Gasteiger partial charge on any atom is -0.478 e. The van der Waals surface area contributed by atoms with E-state index in [4.69, 9.17) is 4.74 Å². The molecule has 3 aromatic rings. The second-order valence-electron chi connectivity index (χ2n) is 6.89. The fraction of sp³-hybridized carbons (Fsp3) is 0.238. The van der Waals surface area contributed by atoms with Crippen molar-refractivity contribution in [3.05, 3.63) is 83.9 Å². The van der Waals surface area contributed by atoms with E-state index in [1.165, 1.54) is 30.3 Å². The number of nitrogens with one attached hydrogen (secondary N) is 1. The van der Waals surface area contributed by atoms with Crippen molar-refractivity contribution in [1.82, 2.24) is 14.9 Å². The number of rotatable bonds is 6. The summed E-state index contributed by atoms with van der Waals surface area (Å²) in [6.07, 6.45) is 3.30. The molecule has 1 heterocycles. The molecule has 0 aliphatic carbocycles. The van der Waals surface area contributed by atoms with E-state index in [2.05, 4.69) is 10.3 Å². The Morgan fingerprint density at radius 3 is 2.43 bits per heavy atom. The minimum absolute atomic E-state index is 0.294. The van der Waals surface area contributed by atoms with Crippen LogP contribution in [-0.2, 0) is 11.8 Å². The highest BCUT2D eigenvalue weighted by molar-refractivity contribution is 5.85. The molecular formula is C21H21F2N3O2. The van der Waals surface area contributed by atoms with Gasteiger partial charge in [-0.1, -0.05) is 18.2 Å². The topological polar surface area (TPSA) is 56.2 Å². The Kier molecular flexibility index (Phi) is 5.44. The lowest BCUT2D eigenvalue weighted by Crippen LogP contribution is -2.48. The Bertz CT molecular complexity index is 968. The van der Waals surface area contributed by atoms with Crippen LogP contribution in [0.4, 0.5) is 8.78 Å². The van der Waals surface area contributed by atoms with Gasteiger partial charge in [-0.25, -0.2) is 13.8 Å². The minimum atomic E-state index is -1.29. The number of aryl methyl sites for hydroxylation is 1. The number of carbonyl (C=O) groups is 1. The molecule has 0 radical (unpaired) electrons. The van der Waals surface area contributed by atoms with Crippen LogP contribution in [0.3, 0.4) is 0 Å². The first-order valence-electron chi connectivity index (χ1n) is 8.75. The molecule has 0 aliphatic rings. The molecule has 1 amide bonds. The molecule has 146 valence electrons. The number of aromatic nitrogens is 2. The molecular weight excluding hydrogens is 364 g/mol. The average molecular weight is 385 g/mol. The van der Waals surface area contributed by atoms with Gasteiger partial charge in [0, 0.05) is 25.0 Å². The van der Waals surface area contributed by atoms with Crippen LogP contribution in [0, 0.1) is 11.6 Å². The molecule has 2 aromatic carbocycles. The third-order valence-electron chi connectivity index (χ3n) is 4.34. The lowest BCUT2D eigenvalue weighted by Gasteiger charge is -2.28. The van der Waals surface area contributed by atoms with Gasteiger partial charge in [-0.05, 0) is 44.2 Å². The van der Waals surface area contributed by atoms with Crippen LogP contribution in [0.25, 0.3) is 0 Å². The Balaban J connectivity index is 1.87. The monoisotopic (exact) mass is 385 g/mol. The molecule has 1 atom stereocenters. The van der Waals surface area contributed by atoms with E-state index in [0.717, 1.165) is 0 Å². The van der Waals surface area contributed by atoms with Crippen LogP contribution in [0.5, 0.6) is 5.75 Å². The number of nitrogens with zero attached hydrogens (tertiary/aromatic N) is 2. The van der Waals surface area contributed by atoms with Gasteiger partial charge >= 0.3 is 0 Å². The lowest BCUT2D eigenvalue weighted by molar-refractivity contribution is -0.134. The first-order chi connectivity index (χ1) is 13.3. The fourth-order valence-electron chi connectivity index (χ4n) is 2.79. The van der Waals surface area contributed by atoms with E-state index in [0.29, 0.717) is 17.1 Å². The van der Waals surface area contributed by atoms with Crippen LogP contribution >= 0.6 is 0 Å². The standard InChI is InChI=1S/C21H21F2N3O2/c1-21(2,28-15-10-8-14(22)9-11-15)20(27)25-18(19-24-12-13-26(19)3)16-6-4-5-7-17(16)23/h4-13,18H,1-3H3,(H,25,27). The van der Waals surface area contributed by atoms with Crippen molar-refractivity contribution in [3.8, 4) is 5.75 Å². The van der Waals surface area contributed by atoms with Crippen molar-refractivity contribution in [2.75, 3.05) is 0 Å². The average Bonchev–Trinajstić information content (AvgIpc) is 3.07. The number of ether oxygens (including phenoxy) is 1. The molecule has 0 saturated carbocycles. The maximum Gasteiger partial charge on any atom is 0.264 e. The van der Waals surface area contributed by atoms with E-state index >= 15 is 0 Å². The molecule has 1 unspecified atom stereocenters. The van der Waals surface area contributed by atoms with Gasteiger partial charge in [0.2, 0.25) is 0 Å². The Labute approximate surface area is 162 Å². The van der Waals surface area contributed by atoms with Crippen LogP contribution < -0.4 is 10.1 Å². The predicted octanol–water partition coefficient (Wildman–Crippen LogP) is 3.76. The summed E-state index contributed by atoms with van der Waals surface area (Å²) >= 11 is 0. The van der Waals surface area contributed by atoms with Gasteiger partial charge in [0.05, 0.1) is 0 Å². The normalized spacial score (nSPS) is 12.5. The van der Waals surface area contributed by atoms with Gasteiger partial charge in [0.15, 0.2) is 5.60 Å². The molecule has 0 saturated heterocycles. The lowest BCUT2D eigenvalue weighted by atomic mass is 10.0. The van der Waals surface area contributed by atoms with Crippen molar-refractivity contribution in [3.63, 3.8) is 0 Å². The third kappa shape index (κ3) is 4.19. The van der Waals surface area contributed by atoms with Gasteiger partial charge in [0.25, 0.3) is 5.91 Å². The highest BCUT2D eigenvalue weighted by atomic mass is 19.1. The van der Waals surface area contributed by atoms with Crippen LogP contribution in [0.15, 0.2) is 60.9 Å². The molecule has 3 rings (SSSR count). The van der Waals surface area contributed by atoms with Crippen molar-refractivity contribution in [2.45, 2.75) is 25.5 Å². The molecule has 1 N–H and O–H groups in total. The summed E-state index contributed by atoms with van der Waals surface area (Å²) in [6, 6.07) is 10.8. The van der Waals surface area contributed by atoms with Gasteiger partial charge in [-0.3, -0.25) is 4.79 Å². The van der Waals surface area contributed by atoms with E-state index in [-0.39, 0.29) is 0 Å². The summed E-state index contributed by atoms with van der Waals surface area (Å²) in [7, 11) is 1.77. The highest BCUT2D eigenvalue weighted by Gasteiger charge is 2.34. The molecule has 28 heavy (non-hydrogen) atoms. The number of benzene rings is 2. The summed E-state index contributed by atoms with van der Waals surface area (Å²) in [5, 5.41) is 2.83. The SMILES string of the molecule is Cn1ccnc1C(NC(=O)C(C)(C)Oc1ccc(F)cc1)c1ccccc1F. The zero-order valence-electron chi connectivity index (χ0n) is 15.8. The quantitative estimate of drug-likeness (QED) is 0.703. The molecule has 1 aromatic heterocycles. The maximum absolute atomic E-state index is 14.4. The molecule has 0 spiro atoms. The highest BCUT2D eigenvalue weighted by Crippen LogP contribution is 2.25. The fourth-order valence-corrected chi connectivity index (χ4v) is 2.79. The first kappa shape index (κ1) is 19.5. The van der Waals surface area contributed by atoms with Gasteiger partial charge in [0.1, 0.15) is 29.3 Å². The second-order valence-corrected chi connectivity index (χ2v) is 6.89. The molecule has 0 bridgehead atoms. The number of halogens is 2. The van der Waals surface area contributed by atoms with Gasteiger partial charge in [-0.2, -0.15) is 0 Å². The summed E-state index contributed by atoms with van der Waals surface area (Å²) in [6.45, 7) is 3.17. The molecule has 7 heteroatoms. The van der Waals surface area contributed by atoms with E-state index in [1.807, 2.05) is 0 Å².